The quantitative estimate of drug-likeness (QED) is 0.728. The maximum absolute atomic E-state index is 11.4. The van der Waals surface area contributed by atoms with Gasteiger partial charge in [-0.2, -0.15) is 0 Å². The van der Waals surface area contributed by atoms with Crippen LogP contribution in [0, 0.1) is 0 Å². The molecule has 0 aliphatic rings. The average molecular weight is 194 g/mol. The van der Waals surface area contributed by atoms with Crippen molar-refractivity contribution < 1.29 is 9.53 Å². The van der Waals surface area contributed by atoms with Gasteiger partial charge < -0.3 is 15.8 Å². The lowest BCUT2D eigenvalue weighted by molar-refractivity contribution is 0.0954. The van der Waals surface area contributed by atoms with Gasteiger partial charge in [0.25, 0.3) is 5.91 Å². The zero-order chi connectivity index (χ0) is 10.4. The molecule has 76 valence electrons. The molecule has 0 aromatic heterocycles. The first-order valence-electron chi connectivity index (χ1n) is 4.40. The fourth-order valence-corrected chi connectivity index (χ4v) is 1.03. The van der Waals surface area contributed by atoms with E-state index >= 15 is 0 Å². The molecule has 0 radical (unpaired) electrons. The summed E-state index contributed by atoms with van der Waals surface area (Å²) in [5, 5.41) is 2.68. The summed E-state index contributed by atoms with van der Waals surface area (Å²) in [5.74, 6) is 0.624. The minimum absolute atomic E-state index is 0.113. The molecule has 0 aliphatic carbocycles. The van der Waals surface area contributed by atoms with Gasteiger partial charge in [0, 0.05) is 18.7 Å². The summed E-state index contributed by atoms with van der Waals surface area (Å²) < 4.78 is 4.98. The molecule has 1 amide bonds. The Bertz CT molecular complexity index is 295. The third-order valence-electron chi connectivity index (χ3n) is 1.78. The van der Waals surface area contributed by atoms with Gasteiger partial charge >= 0.3 is 0 Å². The predicted octanol–water partition coefficient (Wildman–Crippen LogP) is 0.384. The van der Waals surface area contributed by atoms with Crippen molar-refractivity contribution in [3.63, 3.8) is 0 Å². The summed E-state index contributed by atoms with van der Waals surface area (Å²) in [4.78, 5) is 11.4. The van der Waals surface area contributed by atoms with Gasteiger partial charge in [-0.25, -0.2) is 0 Å². The summed E-state index contributed by atoms with van der Waals surface area (Å²) >= 11 is 0. The van der Waals surface area contributed by atoms with Gasteiger partial charge in [0.2, 0.25) is 0 Å². The van der Waals surface area contributed by atoms with E-state index in [0.717, 1.165) is 5.75 Å². The second-order valence-corrected chi connectivity index (χ2v) is 2.77. The van der Waals surface area contributed by atoms with Gasteiger partial charge in [0.15, 0.2) is 0 Å². The first kappa shape index (κ1) is 10.5. The lowest BCUT2D eigenvalue weighted by Crippen LogP contribution is -2.28. The highest BCUT2D eigenvalue weighted by Gasteiger charge is 2.03. The molecular weight excluding hydrogens is 180 g/mol. The van der Waals surface area contributed by atoms with Crippen molar-refractivity contribution in [2.45, 2.75) is 0 Å². The number of nitrogens with two attached hydrogens (primary N) is 1. The molecule has 0 atom stereocenters. The van der Waals surface area contributed by atoms with Crippen molar-refractivity contribution in [3.05, 3.63) is 29.8 Å². The number of hydrogen-bond donors (Lipinski definition) is 2. The molecule has 0 aliphatic heterocycles. The lowest BCUT2D eigenvalue weighted by atomic mass is 10.2. The van der Waals surface area contributed by atoms with Gasteiger partial charge in [-0.1, -0.05) is 0 Å². The van der Waals surface area contributed by atoms with Crippen molar-refractivity contribution in [2.24, 2.45) is 5.73 Å². The van der Waals surface area contributed by atoms with Crippen LogP contribution in [0.15, 0.2) is 24.3 Å². The molecule has 1 aromatic carbocycles. The van der Waals surface area contributed by atoms with Crippen LogP contribution in [0.4, 0.5) is 0 Å². The van der Waals surface area contributed by atoms with Gasteiger partial charge in [0.05, 0.1) is 7.11 Å². The van der Waals surface area contributed by atoms with Crippen LogP contribution in [-0.2, 0) is 0 Å². The molecule has 4 heteroatoms. The van der Waals surface area contributed by atoms with E-state index in [9.17, 15) is 4.79 Å². The van der Waals surface area contributed by atoms with Crippen LogP contribution in [-0.4, -0.2) is 26.1 Å². The third-order valence-corrected chi connectivity index (χ3v) is 1.78. The number of benzene rings is 1. The predicted molar refractivity (Wildman–Crippen MR) is 54.4 cm³/mol. The van der Waals surface area contributed by atoms with Gasteiger partial charge in [-0.05, 0) is 24.3 Å². The second-order valence-electron chi connectivity index (χ2n) is 2.77. The fourth-order valence-electron chi connectivity index (χ4n) is 1.03. The number of carbonyl (C=O) groups is 1. The van der Waals surface area contributed by atoms with Crippen LogP contribution in [0.5, 0.6) is 5.75 Å². The Morgan fingerprint density at radius 1 is 1.43 bits per heavy atom. The molecule has 0 spiro atoms. The van der Waals surface area contributed by atoms with Crippen molar-refractivity contribution in [2.75, 3.05) is 20.2 Å². The number of ether oxygens (including phenoxy) is 1. The van der Waals surface area contributed by atoms with Gasteiger partial charge in [0.1, 0.15) is 5.75 Å². The van der Waals surface area contributed by atoms with Gasteiger partial charge in [-0.3, -0.25) is 4.79 Å². The van der Waals surface area contributed by atoms with Crippen LogP contribution < -0.4 is 15.8 Å². The molecule has 0 heterocycles. The van der Waals surface area contributed by atoms with E-state index < -0.39 is 0 Å². The van der Waals surface area contributed by atoms with Crippen LogP contribution in [0.25, 0.3) is 0 Å². The molecule has 14 heavy (non-hydrogen) atoms. The summed E-state index contributed by atoms with van der Waals surface area (Å²) in [7, 11) is 1.59. The van der Waals surface area contributed by atoms with Crippen LogP contribution in [0.1, 0.15) is 10.4 Å². The molecule has 0 saturated heterocycles. The average Bonchev–Trinajstić information content (AvgIpc) is 2.26. The highest BCUT2D eigenvalue weighted by atomic mass is 16.5. The Morgan fingerprint density at radius 2 is 2.07 bits per heavy atom. The zero-order valence-electron chi connectivity index (χ0n) is 8.12. The van der Waals surface area contributed by atoms with E-state index in [0.29, 0.717) is 18.7 Å². The van der Waals surface area contributed by atoms with E-state index in [2.05, 4.69) is 5.32 Å². The molecule has 0 bridgehead atoms. The Kier molecular flexibility index (Phi) is 3.94. The number of hydrogen-bond acceptors (Lipinski definition) is 3. The second kappa shape index (κ2) is 5.24. The summed E-state index contributed by atoms with van der Waals surface area (Å²) in [6.07, 6.45) is 0. The number of carbonyl (C=O) groups excluding carboxylic acids is 1. The maximum atomic E-state index is 11.4. The first-order chi connectivity index (χ1) is 6.77. The van der Waals surface area contributed by atoms with Crippen molar-refractivity contribution >= 4 is 5.91 Å². The van der Waals surface area contributed by atoms with Crippen molar-refractivity contribution in [1.82, 2.24) is 5.32 Å². The minimum Gasteiger partial charge on any atom is -0.497 e. The molecule has 0 saturated carbocycles. The number of methoxy groups -OCH3 is 1. The van der Waals surface area contributed by atoms with E-state index in [1.165, 1.54) is 0 Å². The minimum atomic E-state index is -0.113. The fraction of sp³-hybridized carbons (Fsp3) is 0.300. The monoisotopic (exact) mass is 194 g/mol. The zero-order valence-corrected chi connectivity index (χ0v) is 8.12. The highest BCUT2D eigenvalue weighted by molar-refractivity contribution is 5.94. The van der Waals surface area contributed by atoms with Crippen LogP contribution >= 0.6 is 0 Å². The van der Waals surface area contributed by atoms with Crippen molar-refractivity contribution in [3.8, 4) is 5.75 Å². The Morgan fingerprint density at radius 3 is 2.57 bits per heavy atom. The standard InChI is InChI=1S/C10H14N2O2/c1-14-9-4-2-8(3-5-9)10(13)12-7-6-11/h2-5H,6-7,11H2,1H3,(H,12,13). The van der Waals surface area contributed by atoms with E-state index in [1.807, 2.05) is 0 Å². The van der Waals surface area contributed by atoms with Crippen molar-refractivity contribution in [1.29, 1.82) is 0 Å². The Labute approximate surface area is 83.1 Å². The Balaban J connectivity index is 2.62. The molecule has 4 nitrogen and oxygen atoms in total. The molecule has 0 fully saturated rings. The number of amides is 1. The first-order valence-corrected chi connectivity index (χ1v) is 4.40. The third kappa shape index (κ3) is 2.74. The normalized spacial score (nSPS) is 9.57. The summed E-state index contributed by atoms with van der Waals surface area (Å²) in [6.45, 7) is 0.937. The molecule has 1 aromatic rings. The van der Waals surface area contributed by atoms with E-state index in [1.54, 1.807) is 31.4 Å². The van der Waals surface area contributed by atoms with E-state index in [-0.39, 0.29) is 5.91 Å². The molecular formula is C10H14N2O2. The molecule has 0 unspecified atom stereocenters. The highest BCUT2D eigenvalue weighted by Crippen LogP contribution is 2.10. The smallest absolute Gasteiger partial charge is 0.251 e. The SMILES string of the molecule is COc1ccc(C(=O)NCCN)cc1. The Hall–Kier alpha value is -1.55. The number of rotatable bonds is 4. The largest absolute Gasteiger partial charge is 0.497 e. The maximum Gasteiger partial charge on any atom is 0.251 e. The lowest BCUT2D eigenvalue weighted by Gasteiger charge is -2.04. The topological polar surface area (TPSA) is 64.3 Å². The summed E-state index contributed by atoms with van der Waals surface area (Å²) in [5.41, 5.74) is 5.88. The van der Waals surface area contributed by atoms with Gasteiger partial charge in [-0.15, -0.1) is 0 Å². The molecule has 3 N–H and O–H groups in total. The number of nitrogens with one attached hydrogen (secondary N) is 1. The van der Waals surface area contributed by atoms with Crippen LogP contribution in [0.2, 0.25) is 0 Å². The molecule has 1 rings (SSSR count). The van der Waals surface area contributed by atoms with E-state index in [4.69, 9.17) is 10.5 Å². The van der Waals surface area contributed by atoms with Crippen LogP contribution in [0.3, 0.4) is 0 Å². The summed E-state index contributed by atoms with van der Waals surface area (Å²) in [6, 6.07) is 6.92.